The highest BCUT2D eigenvalue weighted by atomic mass is 16.2. The highest BCUT2D eigenvalue weighted by molar-refractivity contribution is 6.17. The summed E-state index contributed by atoms with van der Waals surface area (Å²) in [4.78, 5) is 27.6. The van der Waals surface area contributed by atoms with E-state index in [-0.39, 0.29) is 17.9 Å². The quantitative estimate of drug-likeness (QED) is 0.706. The number of carbonyl (C=O) groups is 2. The van der Waals surface area contributed by atoms with Gasteiger partial charge < -0.3 is 10.6 Å². The van der Waals surface area contributed by atoms with Crippen LogP contribution in [0.15, 0.2) is 4.99 Å². The molecule has 0 aliphatic carbocycles. The van der Waals surface area contributed by atoms with Crippen LogP contribution in [0.3, 0.4) is 0 Å². The van der Waals surface area contributed by atoms with Crippen LogP contribution < -0.4 is 10.6 Å². The lowest BCUT2D eigenvalue weighted by molar-refractivity contribution is -0.133. The highest BCUT2D eigenvalue weighted by Gasteiger charge is 2.33. The minimum Gasteiger partial charge on any atom is -0.312 e. The van der Waals surface area contributed by atoms with Crippen LogP contribution in [0.4, 0.5) is 0 Å². The van der Waals surface area contributed by atoms with Gasteiger partial charge in [-0.15, -0.1) is 0 Å². The zero-order valence-corrected chi connectivity index (χ0v) is 10.2. The molecule has 2 aliphatic heterocycles. The van der Waals surface area contributed by atoms with Gasteiger partial charge in [0.25, 0.3) is 5.91 Å². The largest absolute Gasteiger partial charge is 0.312 e. The number of nitrogens with one attached hydrogen (secondary N) is 2. The number of aliphatic imine (C=N–C) groups is 1. The van der Waals surface area contributed by atoms with Gasteiger partial charge in [-0.25, -0.2) is 0 Å². The Labute approximate surface area is 101 Å². The first-order valence-corrected chi connectivity index (χ1v) is 6.39. The molecule has 0 spiro atoms. The van der Waals surface area contributed by atoms with Crippen molar-refractivity contribution in [2.45, 2.75) is 45.1 Å². The molecule has 2 amide bonds. The third-order valence-electron chi connectivity index (χ3n) is 3.31. The SMILES string of the molecule is CCCC1C(=O)N=C(C2CCCCN2)NC1=O. The molecular weight excluding hydrogens is 218 g/mol. The van der Waals surface area contributed by atoms with Crippen LogP contribution in [0, 0.1) is 5.92 Å². The Bertz CT molecular complexity index is 346. The van der Waals surface area contributed by atoms with Gasteiger partial charge in [0.05, 0.1) is 6.04 Å². The van der Waals surface area contributed by atoms with Crippen LogP contribution >= 0.6 is 0 Å². The van der Waals surface area contributed by atoms with Gasteiger partial charge >= 0.3 is 0 Å². The molecule has 17 heavy (non-hydrogen) atoms. The summed E-state index contributed by atoms with van der Waals surface area (Å²) in [5, 5.41) is 6.06. The van der Waals surface area contributed by atoms with Crippen molar-refractivity contribution in [3.63, 3.8) is 0 Å². The Morgan fingerprint density at radius 2 is 2.18 bits per heavy atom. The first-order chi connectivity index (χ1) is 8.22. The Kier molecular flexibility index (Phi) is 3.89. The van der Waals surface area contributed by atoms with Gasteiger partial charge in [0.15, 0.2) is 0 Å². The molecule has 0 aromatic rings. The van der Waals surface area contributed by atoms with Crippen LogP contribution in [0.1, 0.15) is 39.0 Å². The van der Waals surface area contributed by atoms with Crippen LogP contribution in [0.25, 0.3) is 0 Å². The predicted octanol–water partition coefficient (Wildman–Crippen LogP) is 0.600. The number of amidine groups is 1. The van der Waals surface area contributed by atoms with Crippen molar-refractivity contribution in [1.29, 1.82) is 0 Å². The second-order valence-corrected chi connectivity index (χ2v) is 4.67. The molecule has 2 unspecified atom stereocenters. The van der Waals surface area contributed by atoms with E-state index in [9.17, 15) is 9.59 Å². The number of rotatable bonds is 3. The molecule has 0 aromatic carbocycles. The first kappa shape index (κ1) is 12.2. The van der Waals surface area contributed by atoms with E-state index in [0.717, 1.165) is 32.2 Å². The summed E-state index contributed by atoms with van der Waals surface area (Å²) in [5.74, 6) is -0.522. The van der Waals surface area contributed by atoms with Crippen LogP contribution in [-0.2, 0) is 9.59 Å². The van der Waals surface area contributed by atoms with E-state index in [1.165, 1.54) is 0 Å². The van der Waals surface area contributed by atoms with Gasteiger partial charge in [-0.05, 0) is 25.8 Å². The smallest absolute Gasteiger partial charge is 0.259 e. The topological polar surface area (TPSA) is 70.6 Å². The highest BCUT2D eigenvalue weighted by Crippen LogP contribution is 2.15. The minimum atomic E-state index is -0.577. The Hall–Kier alpha value is -1.23. The molecule has 2 N–H and O–H groups in total. The molecule has 94 valence electrons. The van der Waals surface area contributed by atoms with E-state index < -0.39 is 5.92 Å². The molecule has 0 bridgehead atoms. The van der Waals surface area contributed by atoms with Crippen molar-refractivity contribution in [3.05, 3.63) is 0 Å². The van der Waals surface area contributed by atoms with Crippen molar-refractivity contribution >= 4 is 17.6 Å². The van der Waals surface area contributed by atoms with Gasteiger partial charge in [-0.1, -0.05) is 19.8 Å². The fraction of sp³-hybridized carbons (Fsp3) is 0.750. The maximum Gasteiger partial charge on any atom is 0.259 e. The summed E-state index contributed by atoms with van der Waals surface area (Å²) in [6.07, 6.45) is 4.59. The number of amides is 2. The molecule has 2 atom stereocenters. The summed E-state index contributed by atoms with van der Waals surface area (Å²) in [7, 11) is 0. The standard InChI is InChI=1S/C12H19N3O2/c1-2-5-8-11(16)14-10(15-12(8)17)9-6-3-4-7-13-9/h8-9,13H,2-7H2,1H3,(H,14,15,16,17). The Morgan fingerprint density at radius 3 is 2.76 bits per heavy atom. The molecule has 5 nitrogen and oxygen atoms in total. The summed E-state index contributed by atoms with van der Waals surface area (Å²) in [6, 6.07) is 0.0410. The lowest BCUT2D eigenvalue weighted by Gasteiger charge is -2.28. The van der Waals surface area contributed by atoms with E-state index in [1.807, 2.05) is 6.92 Å². The molecular formula is C12H19N3O2. The number of carbonyl (C=O) groups excluding carboxylic acids is 2. The summed E-state index contributed by atoms with van der Waals surface area (Å²) >= 11 is 0. The number of hydrogen-bond acceptors (Lipinski definition) is 3. The van der Waals surface area contributed by atoms with E-state index >= 15 is 0 Å². The average Bonchev–Trinajstić information content (AvgIpc) is 2.35. The predicted molar refractivity (Wildman–Crippen MR) is 64.6 cm³/mol. The number of hydrogen-bond donors (Lipinski definition) is 2. The van der Waals surface area contributed by atoms with Gasteiger partial charge in [-0.2, -0.15) is 4.99 Å². The normalized spacial score (nSPS) is 29.8. The van der Waals surface area contributed by atoms with E-state index in [1.54, 1.807) is 0 Å². The fourth-order valence-corrected chi connectivity index (χ4v) is 2.34. The van der Waals surface area contributed by atoms with E-state index in [2.05, 4.69) is 15.6 Å². The zero-order chi connectivity index (χ0) is 12.3. The molecule has 2 aliphatic rings. The molecule has 2 heterocycles. The number of piperidine rings is 1. The van der Waals surface area contributed by atoms with E-state index in [4.69, 9.17) is 0 Å². The molecule has 2 rings (SSSR count). The Morgan fingerprint density at radius 1 is 1.35 bits per heavy atom. The van der Waals surface area contributed by atoms with Crippen molar-refractivity contribution in [3.8, 4) is 0 Å². The lowest BCUT2D eigenvalue weighted by Crippen LogP contribution is -2.53. The maximum atomic E-state index is 11.8. The molecule has 0 saturated carbocycles. The molecule has 0 aromatic heterocycles. The van der Waals surface area contributed by atoms with Crippen molar-refractivity contribution in [2.75, 3.05) is 6.54 Å². The van der Waals surface area contributed by atoms with Crippen molar-refractivity contribution < 1.29 is 9.59 Å². The van der Waals surface area contributed by atoms with Gasteiger partial charge in [0, 0.05) is 0 Å². The third kappa shape index (κ3) is 2.72. The molecule has 5 heteroatoms. The zero-order valence-electron chi connectivity index (χ0n) is 10.2. The molecule has 1 fully saturated rings. The van der Waals surface area contributed by atoms with Gasteiger partial charge in [0.1, 0.15) is 11.8 Å². The van der Waals surface area contributed by atoms with Gasteiger partial charge in [0.2, 0.25) is 5.91 Å². The van der Waals surface area contributed by atoms with Crippen molar-refractivity contribution in [1.82, 2.24) is 10.6 Å². The second-order valence-electron chi connectivity index (χ2n) is 4.67. The average molecular weight is 237 g/mol. The van der Waals surface area contributed by atoms with Crippen LogP contribution in [0.2, 0.25) is 0 Å². The first-order valence-electron chi connectivity index (χ1n) is 6.39. The third-order valence-corrected chi connectivity index (χ3v) is 3.31. The summed E-state index contributed by atoms with van der Waals surface area (Å²) in [6.45, 7) is 2.88. The molecule has 0 radical (unpaired) electrons. The van der Waals surface area contributed by atoms with E-state index in [0.29, 0.717) is 12.3 Å². The van der Waals surface area contributed by atoms with Crippen LogP contribution in [0.5, 0.6) is 0 Å². The maximum absolute atomic E-state index is 11.8. The summed E-state index contributed by atoms with van der Waals surface area (Å²) < 4.78 is 0. The van der Waals surface area contributed by atoms with Crippen molar-refractivity contribution in [2.24, 2.45) is 10.9 Å². The monoisotopic (exact) mass is 237 g/mol. The lowest BCUT2D eigenvalue weighted by atomic mass is 9.98. The van der Waals surface area contributed by atoms with Gasteiger partial charge in [-0.3, -0.25) is 9.59 Å². The second kappa shape index (κ2) is 5.40. The van der Waals surface area contributed by atoms with Crippen LogP contribution in [-0.4, -0.2) is 30.2 Å². The fourth-order valence-electron chi connectivity index (χ4n) is 2.34. The Balaban J connectivity index is 2.07. The number of nitrogens with zero attached hydrogens (tertiary/aromatic N) is 1. The summed E-state index contributed by atoms with van der Waals surface area (Å²) in [5.41, 5.74) is 0. The minimum absolute atomic E-state index is 0.0410. The molecule has 1 saturated heterocycles.